The average Bonchev–Trinajstić information content (AvgIpc) is 2.71. The highest BCUT2D eigenvalue weighted by Gasteiger charge is 2.62. The minimum Gasteiger partial charge on any atom is -0.372 e. The molecule has 4 amide bonds. The lowest BCUT2D eigenvalue weighted by atomic mass is 9.66. The van der Waals surface area contributed by atoms with E-state index in [2.05, 4.69) is 20.6 Å². The van der Waals surface area contributed by atoms with Crippen molar-refractivity contribution in [2.24, 2.45) is 5.41 Å². The zero-order chi connectivity index (χ0) is 21.9. The number of anilines is 1. The first-order chi connectivity index (χ1) is 14.8. The van der Waals surface area contributed by atoms with Gasteiger partial charge in [-0.05, 0) is 43.5 Å². The second-order valence-corrected chi connectivity index (χ2v) is 8.29. The number of carbonyl (C=O) groups excluding carboxylic acids is 3. The van der Waals surface area contributed by atoms with Gasteiger partial charge in [0.15, 0.2) is 5.41 Å². The number of ether oxygens (including phenoxy) is 1. The summed E-state index contributed by atoms with van der Waals surface area (Å²) in [5.41, 5.74) is 1.24. The molecule has 31 heavy (non-hydrogen) atoms. The number of morpholine rings is 1. The summed E-state index contributed by atoms with van der Waals surface area (Å²) in [4.78, 5) is 57.7. The van der Waals surface area contributed by atoms with Crippen LogP contribution >= 0.6 is 0 Å². The third-order valence-electron chi connectivity index (χ3n) is 6.31. The SMILES string of the molecule is C[C@@H]1CN2c3ccc(-c4cnc(=O)[nH]c4)cc3CC3(C(=O)NC(=O)NC3=O)[C@H]2[C@H](C)O1. The number of hydrogen-bond donors (Lipinski definition) is 3. The van der Waals surface area contributed by atoms with Gasteiger partial charge in [-0.3, -0.25) is 20.2 Å². The highest BCUT2D eigenvalue weighted by Crippen LogP contribution is 2.47. The molecule has 3 N–H and O–H groups in total. The van der Waals surface area contributed by atoms with Crippen molar-refractivity contribution in [2.45, 2.75) is 38.5 Å². The number of aromatic amines is 1. The number of nitrogens with one attached hydrogen (secondary N) is 3. The van der Waals surface area contributed by atoms with Gasteiger partial charge in [-0.2, -0.15) is 0 Å². The number of H-pyrrole nitrogens is 1. The van der Waals surface area contributed by atoms with Gasteiger partial charge in [-0.25, -0.2) is 14.6 Å². The van der Waals surface area contributed by atoms with Crippen LogP contribution in [0.4, 0.5) is 10.5 Å². The summed E-state index contributed by atoms with van der Waals surface area (Å²) in [5.74, 6) is -1.24. The molecule has 0 bridgehead atoms. The zero-order valence-corrected chi connectivity index (χ0v) is 17.0. The number of imide groups is 2. The highest BCUT2D eigenvalue weighted by atomic mass is 16.5. The van der Waals surface area contributed by atoms with Gasteiger partial charge >= 0.3 is 11.7 Å². The van der Waals surface area contributed by atoms with Crippen LogP contribution in [0.25, 0.3) is 11.1 Å². The van der Waals surface area contributed by atoms with E-state index in [9.17, 15) is 19.2 Å². The van der Waals surface area contributed by atoms with Crippen molar-refractivity contribution >= 4 is 23.5 Å². The Balaban J connectivity index is 1.67. The number of rotatable bonds is 1. The molecule has 10 nitrogen and oxygen atoms in total. The first-order valence-electron chi connectivity index (χ1n) is 10.1. The standard InChI is InChI=1S/C21H21N5O5/c1-10-9-26-15-4-3-12(14-7-22-19(29)23-8-14)5-13(15)6-21(16(26)11(2)31-10)17(27)24-20(30)25-18(21)28/h3-5,7-8,10-11,16H,6,9H2,1-2H3,(H,22,23,29)(H2,24,25,27,28,30)/t10-,11+,16-/m1/s1. The first-order valence-corrected chi connectivity index (χ1v) is 10.1. The van der Waals surface area contributed by atoms with Crippen LogP contribution in [0, 0.1) is 5.41 Å². The molecule has 4 heterocycles. The molecule has 3 aliphatic rings. The molecule has 160 valence electrons. The third kappa shape index (κ3) is 2.86. The lowest BCUT2D eigenvalue weighted by Crippen LogP contribution is -2.75. The van der Waals surface area contributed by atoms with E-state index in [1.807, 2.05) is 36.9 Å². The minimum absolute atomic E-state index is 0.103. The van der Waals surface area contributed by atoms with Gasteiger partial charge in [0.25, 0.3) is 0 Å². The zero-order valence-electron chi connectivity index (χ0n) is 17.0. The van der Waals surface area contributed by atoms with Crippen LogP contribution in [0.2, 0.25) is 0 Å². The maximum Gasteiger partial charge on any atom is 0.344 e. The number of fused-ring (bicyclic) bond motifs is 4. The summed E-state index contributed by atoms with van der Waals surface area (Å²) in [6.07, 6.45) is 2.63. The van der Waals surface area contributed by atoms with E-state index in [4.69, 9.17) is 4.74 Å². The summed E-state index contributed by atoms with van der Waals surface area (Å²) in [7, 11) is 0. The number of amides is 4. The largest absolute Gasteiger partial charge is 0.372 e. The second-order valence-electron chi connectivity index (χ2n) is 8.29. The van der Waals surface area contributed by atoms with Crippen LogP contribution in [0.5, 0.6) is 0 Å². The Morgan fingerprint density at radius 2 is 1.84 bits per heavy atom. The Hall–Kier alpha value is -3.53. The quantitative estimate of drug-likeness (QED) is 0.563. The van der Waals surface area contributed by atoms with E-state index < -0.39 is 41.1 Å². The third-order valence-corrected chi connectivity index (χ3v) is 6.31. The maximum absolute atomic E-state index is 13.2. The van der Waals surface area contributed by atoms with Crippen molar-refractivity contribution in [3.8, 4) is 11.1 Å². The minimum atomic E-state index is -1.51. The molecule has 2 saturated heterocycles. The Morgan fingerprint density at radius 1 is 1.10 bits per heavy atom. The predicted octanol–water partition coefficient (Wildman–Crippen LogP) is 0.328. The highest BCUT2D eigenvalue weighted by molar-refractivity contribution is 6.20. The molecule has 2 fully saturated rings. The van der Waals surface area contributed by atoms with Crippen LogP contribution in [0.15, 0.2) is 35.4 Å². The van der Waals surface area contributed by atoms with Gasteiger partial charge in [0, 0.05) is 30.2 Å². The fourth-order valence-electron chi connectivity index (χ4n) is 5.13. The molecule has 1 aromatic carbocycles. The molecule has 1 spiro atoms. The first kappa shape index (κ1) is 19.4. The Labute approximate surface area is 177 Å². The monoisotopic (exact) mass is 423 g/mol. The van der Waals surface area contributed by atoms with Crippen LogP contribution in [0.1, 0.15) is 19.4 Å². The number of nitrogens with zero attached hydrogens (tertiary/aromatic N) is 2. The summed E-state index contributed by atoms with van der Waals surface area (Å²) in [5, 5.41) is 4.55. The average molecular weight is 423 g/mol. The molecule has 2 aromatic rings. The summed E-state index contributed by atoms with van der Waals surface area (Å²) < 4.78 is 6.00. The topological polar surface area (TPSA) is 133 Å². The molecular formula is C21H21N5O5. The van der Waals surface area contributed by atoms with Crippen molar-refractivity contribution in [1.29, 1.82) is 0 Å². The summed E-state index contributed by atoms with van der Waals surface area (Å²) >= 11 is 0. The molecule has 0 saturated carbocycles. The number of aromatic nitrogens is 2. The fraction of sp³-hybridized carbons (Fsp3) is 0.381. The number of barbiturate groups is 1. The number of hydrogen-bond acceptors (Lipinski definition) is 7. The molecule has 0 radical (unpaired) electrons. The Morgan fingerprint density at radius 3 is 2.52 bits per heavy atom. The van der Waals surface area contributed by atoms with E-state index in [-0.39, 0.29) is 12.5 Å². The van der Waals surface area contributed by atoms with Crippen LogP contribution in [-0.4, -0.2) is 52.6 Å². The van der Waals surface area contributed by atoms with Gasteiger partial charge < -0.3 is 14.6 Å². The van der Waals surface area contributed by atoms with Crippen LogP contribution < -0.4 is 21.2 Å². The molecule has 3 aliphatic heterocycles. The van der Waals surface area contributed by atoms with Crippen molar-refractivity contribution in [2.75, 3.05) is 11.4 Å². The van der Waals surface area contributed by atoms with Crippen molar-refractivity contribution in [3.05, 3.63) is 46.6 Å². The molecule has 0 aliphatic carbocycles. The van der Waals surface area contributed by atoms with E-state index in [0.29, 0.717) is 12.1 Å². The Kier molecular flexibility index (Phi) is 4.23. The van der Waals surface area contributed by atoms with Crippen molar-refractivity contribution in [3.63, 3.8) is 0 Å². The summed E-state index contributed by atoms with van der Waals surface area (Å²) in [6.45, 7) is 4.29. The lowest BCUT2D eigenvalue weighted by Gasteiger charge is -2.55. The number of urea groups is 1. The smallest absolute Gasteiger partial charge is 0.344 e. The van der Waals surface area contributed by atoms with Gasteiger partial charge in [-0.15, -0.1) is 0 Å². The van der Waals surface area contributed by atoms with E-state index >= 15 is 0 Å². The van der Waals surface area contributed by atoms with Crippen molar-refractivity contribution < 1.29 is 19.1 Å². The normalized spacial score (nSPS) is 26.7. The van der Waals surface area contributed by atoms with Gasteiger partial charge in [0.05, 0.1) is 18.2 Å². The molecule has 10 heteroatoms. The van der Waals surface area contributed by atoms with Gasteiger partial charge in [-0.1, -0.05) is 6.07 Å². The molecule has 3 atom stereocenters. The second kappa shape index (κ2) is 6.74. The maximum atomic E-state index is 13.2. The molecule has 1 aromatic heterocycles. The molecule has 0 unspecified atom stereocenters. The lowest BCUT2D eigenvalue weighted by molar-refractivity contribution is -0.153. The van der Waals surface area contributed by atoms with Crippen molar-refractivity contribution in [1.82, 2.24) is 20.6 Å². The molecule has 5 rings (SSSR count). The van der Waals surface area contributed by atoms with Crippen LogP contribution in [0.3, 0.4) is 0 Å². The van der Waals surface area contributed by atoms with Gasteiger partial charge in [0.2, 0.25) is 11.8 Å². The van der Waals surface area contributed by atoms with E-state index in [1.165, 1.54) is 6.20 Å². The van der Waals surface area contributed by atoms with Crippen LogP contribution in [-0.2, 0) is 20.7 Å². The number of benzene rings is 1. The summed E-state index contributed by atoms with van der Waals surface area (Å²) in [6, 6.07) is 4.38. The molecular weight excluding hydrogens is 402 g/mol. The number of carbonyl (C=O) groups is 3. The van der Waals surface area contributed by atoms with Gasteiger partial charge in [0.1, 0.15) is 0 Å². The predicted molar refractivity (Wildman–Crippen MR) is 109 cm³/mol. The fourth-order valence-corrected chi connectivity index (χ4v) is 5.13. The van der Waals surface area contributed by atoms with E-state index in [0.717, 1.165) is 16.8 Å². The Bertz CT molecular complexity index is 1130. The van der Waals surface area contributed by atoms with E-state index in [1.54, 1.807) is 6.20 Å².